The van der Waals surface area contributed by atoms with Crippen molar-refractivity contribution in [3.63, 3.8) is 0 Å². The third-order valence-electron chi connectivity index (χ3n) is 2.95. The molecule has 5 nitrogen and oxygen atoms in total. The fourth-order valence-electron chi connectivity index (χ4n) is 1.59. The van der Waals surface area contributed by atoms with Crippen LogP contribution in [0, 0.1) is 5.41 Å². The van der Waals surface area contributed by atoms with Gasteiger partial charge in [-0.15, -0.1) is 0 Å². The number of nitrogens with one attached hydrogen (secondary N) is 3. The van der Waals surface area contributed by atoms with Gasteiger partial charge in [-0.25, -0.2) is 0 Å². The number of carbonyl (C=O) groups is 1. The van der Waals surface area contributed by atoms with Crippen LogP contribution in [-0.4, -0.2) is 38.5 Å². The summed E-state index contributed by atoms with van der Waals surface area (Å²) < 4.78 is 0. The minimum absolute atomic E-state index is 0.0592. The molecule has 0 aliphatic carbocycles. The molecular formula is C14H30N4O. The molecule has 0 fully saturated rings. The lowest BCUT2D eigenvalue weighted by Crippen LogP contribution is -2.48. The molecule has 0 atom stereocenters. The summed E-state index contributed by atoms with van der Waals surface area (Å²) in [6.45, 7) is 10.1. The van der Waals surface area contributed by atoms with Gasteiger partial charge >= 0.3 is 0 Å². The molecule has 1 amide bonds. The van der Waals surface area contributed by atoms with Crippen LogP contribution in [0.15, 0.2) is 4.99 Å². The Kier molecular flexibility index (Phi) is 9.00. The first-order valence-corrected chi connectivity index (χ1v) is 7.20. The number of nitrogens with zero attached hydrogens (tertiary/aromatic N) is 1. The van der Waals surface area contributed by atoms with Gasteiger partial charge in [0.2, 0.25) is 5.91 Å². The van der Waals surface area contributed by atoms with E-state index >= 15 is 0 Å². The molecule has 5 heteroatoms. The summed E-state index contributed by atoms with van der Waals surface area (Å²) >= 11 is 0. The minimum atomic E-state index is -0.447. The normalized spacial score (nSPS) is 12.2. The number of guanidine groups is 1. The predicted molar refractivity (Wildman–Crippen MR) is 81.4 cm³/mol. The van der Waals surface area contributed by atoms with Crippen molar-refractivity contribution < 1.29 is 4.79 Å². The monoisotopic (exact) mass is 270 g/mol. The molecule has 0 spiro atoms. The zero-order valence-corrected chi connectivity index (χ0v) is 13.1. The van der Waals surface area contributed by atoms with Crippen molar-refractivity contribution in [2.45, 2.75) is 47.0 Å². The smallest absolute Gasteiger partial charge is 0.227 e. The van der Waals surface area contributed by atoms with Crippen LogP contribution in [0.1, 0.15) is 47.0 Å². The highest BCUT2D eigenvalue weighted by atomic mass is 16.2. The summed E-state index contributed by atoms with van der Waals surface area (Å²) in [6, 6.07) is 0. The first-order valence-electron chi connectivity index (χ1n) is 7.20. The van der Waals surface area contributed by atoms with E-state index < -0.39 is 5.41 Å². The van der Waals surface area contributed by atoms with Gasteiger partial charge in [0.1, 0.15) is 0 Å². The van der Waals surface area contributed by atoms with Crippen LogP contribution in [0.4, 0.5) is 0 Å². The van der Waals surface area contributed by atoms with E-state index in [0.29, 0.717) is 13.1 Å². The van der Waals surface area contributed by atoms with Crippen molar-refractivity contribution in [3.8, 4) is 0 Å². The Hall–Kier alpha value is -1.26. The van der Waals surface area contributed by atoms with Gasteiger partial charge in [0.15, 0.2) is 5.96 Å². The standard InChI is InChI=1S/C14H30N4O/c1-6-8-9-10-17-13(15-5)18-11-14(3,4)12(19)16-7-2/h6-11H2,1-5H3,(H,16,19)(H2,15,17,18). The van der Waals surface area contributed by atoms with Crippen LogP contribution in [0.2, 0.25) is 0 Å². The maximum atomic E-state index is 11.9. The van der Waals surface area contributed by atoms with Gasteiger partial charge in [-0.05, 0) is 27.2 Å². The first kappa shape index (κ1) is 17.7. The summed E-state index contributed by atoms with van der Waals surface area (Å²) in [5, 5.41) is 9.31. The first-order chi connectivity index (χ1) is 8.97. The number of unbranched alkanes of at least 4 members (excludes halogenated alkanes) is 2. The Balaban J connectivity index is 4.09. The molecule has 0 aromatic carbocycles. The number of hydrogen-bond donors (Lipinski definition) is 3. The number of aliphatic imine (C=N–C) groups is 1. The SMILES string of the molecule is CCCCCNC(=NC)NCC(C)(C)C(=O)NCC. The molecule has 0 unspecified atom stereocenters. The molecular weight excluding hydrogens is 240 g/mol. The van der Waals surface area contributed by atoms with Crippen molar-refractivity contribution in [1.29, 1.82) is 0 Å². The third kappa shape index (κ3) is 7.70. The van der Waals surface area contributed by atoms with E-state index in [9.17, 15) is 4.79 Å². The summed E-state index contributed by atoms with van der Waals surface area (Å²) in [6.07, 6.45) is 3.56. The van der Waals surface area contributed by atoms with Crippen LogP contribution < -0.4 is 16.0 Å². The van der Waals surface area contributed by atoms with E-state index in [1.54, 1.807) is 7.05 Å². The van der Waals surface area contributed by atoms with Gasteiger partial charge in [-0.1, -0.05) is 19.8 Å². The maximum absolute atomic E-state index is 11.9. The number of amides is 1. The predicted octanol–water partition coefficient (Wildman–Crippen LogP) is 1.50. The molecule has 0 radical (unpaired) electrons. The lowest BCUT2D eigenvalue weighted by atomic mass is 9.92. The Morgan fingerprint density at radius 2 is 1.79 bits per heavy atom. The van der Waals surface area contributed by atoms with Gasteiger partial charge in [0.25, 0.3) is 0 Å². The van der Waals surface area contributed by atoms with E-state index in [-0.39, 0.29) is 5.91 Å². The molecule has 0 saturated carbocycles. The largest absolute Gasteiger partial charge is 0.356 e. The van der Waals surface area contributed by atoms with E-state index in [2.05, 4.69) is 27.9 Å². The zero-order valence-electron chi connectivity index (χ0n) is 13.1. The average molecular weight is 270 g/mol. The van der Waals surface area contributed by atoms with E-state index in [4.69, 9.17) is 0 Å². The fourth-order valence-corrected chi connectivity index (χ4v) is 1.59. The topological polar surface area (TPSA) is 65.5 Å². The number of carbonyl (C=O) groups excluding carboxylic acids is 1. The molecule has 0 aliphatic heterocycles. The maximum Gasteiger partial charge on any atom is 0.227 e. The highest BCUT2D eigenvalue weighted by Gasteiger charge is 2.27. The van der Waals surface area contributed by atoms with Gasteiger partial charge in [-0.2, -0.15) is 0 Å². The summed E-state index contributed by atoms with van der Waals surface area (Å²) in [7, 11) is 1.74. The quantitative estimate of drug-likeness (QED) is 0.356. The van der Waals surface area contributed by atoms with Gasteiger partial charge in [0.05, 0.1) is 5.41 Å². The molecule has 112 valence electrons. The molecule has 0 saturated heterocycles. The summed E-state index contributed by atoms with van der Waals surface area (Å²) in [4.78, 5) is 16.0. The molecule has 3 N–H and O–H groups in total. The lowest BCUT2D eigenvalue weighted by Gasteiger charge is -2.24. The van der Waals surface area contributed by atoms with Gasteiger partial charge in [-0.3, -0.25) is 9.79 Å². The molecule has 19 heavy (non-hydrogen) atoms. The van der Waals surface area contributed by atoms with Crippen LogP contribution in [0.3, 0.4) is 0 Å². The second kappa shape index (κ2) is 9.64. The second-order valence-electron chi connectivity index (χ2n) is 5.30. The number of rotatable bonds is 8. The molecule has 0 heterocycles. The Morgan fingerprint density at radius 3 is 2.32 bits per heavy atom. The van der Waals surface area contributed by atoms with Crippen molar-refractivity contribution in [2.24, 2.45) is 10.4 Å². The summed E-state index contributed by atoms with van der Waals surface area (Å²) in [5.74, 6) is 0.817. The van der Waals surface area contributed by atoms with Gasteiger partial charge in [0, 0.05) is 26.7 Å². The van der Waals surface area contributed by atoms with Crippen molar-refractivity contribution >= 4 is 11.9 Å². The lowest BCUT2D eigenvalue weighted by molar-refractivity contribution is -0.128. The Morgan fingerprint density at radius 1 is 1.11 bits per heavy atom. The summed E-state index contributed by atoms with van der Waals surface area (Å²) in [5.41, 5.74) is -0.447. The minimum Gasteiger partial charge on any atom is -0.356 e. The van der Waals surface area contributed by atoms with E-state index in [1.807, 2.05) is 20.8 Å². The van der Waals surface area contributed by atoms with Crippen molar-refractivity contribution in [1.82, 2.24) is 16.0 Å². The Bertz CT molecular complexity index is 287. The molecule has 0 rings (SSSR count). The molecule has 0 aliphatic rings. The zero-order chi connectivity index (χ0) is 14.7. The molecule has 0 aromatic heterocycles. The Labute approximate surface area is 117 Å². The van der Waals surface area contributed by atoms with Crippen LogP contribution in [0.5, 0.6) is 0 Å². The van der Waals surface area contributed by atoms with Crippen molar-refractivity contribution in [2.75, 3.05) is 26.7 Å². The second-order valence-corrected chi connectivity index (χ2v) is 5.30. The molecule has 0 aromatic rings. The van der Waals surface area contributed by atoms with Crippen LogP contribution in [0.25, 0.3) is 0 Å². The molecule has 0 bridgehead atoms. The average Bonchev–Trinajstić information content (AvgIpc) is 2.38. The van der Waals surface area contributed by atoms with Crippen molar-refractivity contribution in [3.05, 3.63) is 0 Å². The van der Waals surface area contributed by atoms with Crippen LogP contribution in [-0.2, 0) is 4.79 Å². The van der Waals surface area contributed by atoms with Gasteiger partial charge < -0.3 is 16.0 Å². The number of hydrogen-bond acceptors (Lipinski definition) is 2. The highest BCUT2D eigenvalue weighted by Crippen LogP contribution is 2.13. The third-order valence-corrected chi connectivity index (χ3v) is 2.95. The fraction of sp³-hybridized carbons (Fsp3) is 0.857. The highest BCUT2D eigenvalue weighted by molar-refractivity contribution is 5.84. The van der Waals surface area contributed by atoms with E-state index in [1.165, 1.54) is 12.8 Å². The van der Waals surface area contributed by atoms with Crippen LogP contribution >= 0.6 is 0 Å². The van der Waals surface area contributed by atoms with E-state index in [0.717, 1.165) is 18.9 Å².